The molecule has 4 nitrogen and oxygen atoms in total. The van der Waals surface area contributed by atoms with Crippen LogP contribution in [-0.4, -0.2) is 9.13 Å². The Bertz CT molecular complexity index is 4110. The highest BCUT2D eigenvalue weighted by Crippen LogP contribution is 2.45. The second-order valence-electron chi connectivity index (χ2n) is 21.1. The molecule has 0 spiro atoms. The minimum atomic E-state index is 0.557. The van der Waals surface area contributed by atoms with Crippen LogP contribution in [0.25, 0.3) is 100 Å². The van der Waals surface area contributed by atoms with Crippen LogP contribution in [0.2, 0.25) is 0 Å². The molecule has 0 radical (unpaired) electrons. The molecule has 1 aliphatic carbocycles. The first kappa shape index (κ1) is 46.1. The molecule has 9 aromatic carbocycles. The van der Waals surface area contributed by atoms with E-state index in [-0.39, 0.29) is 0 Å². The Balaban J connectivity index is 1.23. The van der Waals surface area contributed by atoms with Crippen LogP contribution in [0.4, 0.5) is 0 Å². The topological polar surface area (TPSA) is 57.4 Å². The van der Waals surface area contributed by atoms with Crippen molar-refractivity contribution in [2.24, 2.45) is 0 Å². The van der Waals surface area contributed by atoms with Crippen molar-refractivity contribution in [1.29, 1.82) is 10.5 Å². The summed E-state index contributed by atoms with van der Waals surface area (Å²) in [7, 11) is 0. The second-order valence-corrected chi connectivity index (χ2v) is 21.1. The number of hydrogen-bond donors (Lipinski definition) is 0. The van der Waals surface area contributed by atoms with Gasteiger partial charge in [0, 0.05) is 16.2 Å². The maximum absolute atomic E-state index is 12.1. The maximum Gasteiger partial charge on any atom is 0.104 e. The molecule has 1 aliphatic rings. The van der Waals surface area contributed by atoms with E-state index in [1.165, 1.54) is 66.6 Å². The first-order valence-corrected chi connectivity index (χ1v) is 25.7. The smallest absolute Gasteiger partial charge is 0.104 e. The van der Waals surface area contributed by atoms with E-state index in [9.17, 15) is 10.5 Å². The number of aromatic nitrogens is 2. The largest absolute Gasteiger partial charge is 0.308 e. The molecule has 12 rings (SSSR count). The standard InChI is InChI=1S/C70H56N4/c1-41-20-42(2)25-55(24-41)51-12-16-60-61-17-13-52(56-26-43(3)21-44(4)27-56)34-66(61)73(65(60)33-51)69-37-59(50-11-9-10-49(32-50)39-71)38-70(64(69)40-72)74-67-35-53(57-28-45(5)22-46(6)29-57)14-18-62(67)63-19-15-54(36-68(63)74)58-30-47(7)23-48(8)31-58/h9-14,16-18,20-38H,15,19H2,1-8H3. The first-order valence-electron chi connectivity index (χ1n) is 25.7. The molecule has 0 saturated carbocycles. The van der Waals surface area contributed by atoms with E-state index in [1.54, 1.807) is 0 Å². The molecule has 0 unspecified atom stereocenters. The lowest BCUT2D eigenvalue weighted by molar-refractivity contribution is 0.977. The van der Waals surface area contributed by atoms with Crippen molar-refractivity contribution in [3.8, 4) is 68.0 Å². The normalized spacial score (nSPS) is 12.3. The molecule has 0 fully saturated rings. The zero-order chi connectivity index (χ0) is 51.1. The number of nitriles is 2. The number of nitrogens with zero attached hydrogens (tertiary/aromatic N) is 4. The Morgan fingerprint density at radius 3 is 1.22 bits per heavy atom. The van der Waals surface area contributed by atoms with Crippen molar-refractivity contribution in [2.45, 2.75) is 68.2 Å². The van der Waals surface area contributed by atoms with Gasteiger partial charge in [-0.25, -0.2) is 0 Å². The van der Waals surface area contributed by atoms with E-state index in [4.69, 9.17) is 0 Å². The van der Waals surface area contributed by atoms with E-state index < -0.39 is 0 Å². The number of fused-ring (bicyclic) bond motifs is 6. The van der Waals surface area contributed by atoms with Crippen molar-refractivity contribution in [3.05, 3.63) is 236 Å². The average molecular weight is 953 g/mol. The highest BCUT2D eigenvalue weighted by Gasteiger charge is 2.27. The fourth-order valence-corrected chi connectivity index (χ4v) is 12.2. The lowest BCUT2D eigenvalue weighted by Crippen LogP contribution is -2.08. The number of rotatable bonds is 7. The third kappa shape index (κ3) is 8.10. The number of hydrogen-bond acceptors (Lipinski definition) is 2. The first-order chi connectivity index (χ1) is 35.8. The minimum Gasteiger partial charge on any atom is -0.308 e. The monoisotopic (exact) mass is 952 g/mol. The predicted octanol–water partition coefficient (Wildman–Crippen LogP) is 18.1. The van der Waals surface area contributed by atoms with Gasteiger partial charge in [-0.1, -0.05) is 166 Å². The van der Waals surface area contributed by atoms with Gasteiger partial charge >= 0.3 is 0 Å². The maximum atomic E-state index is 12.1. The molecule has 0 bridgehead atoms. The number of benzene rings is 9. The average Bonchev–Trinajstić information content (AvgIpc) is 3.88. The summed E-state index contributed by atoms with van der Waals surface area (Å²) < 4.78 is 4.73. The quantitative estimate of drug-likeness (QED) is 0.160. The summed E-state index contributed by atoms with van der Waals surface area (Å²) in [4.78, 5) is 0. The van der Waals surface area contributed by atoms with Crippen LogP contribution >= 0.6 is 0 Å². The molecule has 0 amide bonds. The van der Waals surface area contributed by atoms with Gasteiger partial charge in [-0.15, -0.1) is 0 Å². The van der Waals surface area contributed by atoms with Gasteiger partial charge in [-0.2, -0.15) is 10.5 Å². The SMILES string of the molecule is Cc1cc(C)cc(C2=Cc3c(c4ccc(-c5cc(C)cc(C)c5)cc4n3-c3cc(-c4cccc(C#N)c4)cc(-n4c5cc(-c6cc(C)cc(C)c6)ccc5c5ccc(-c6cc(C)cc(C)c6)cc54)c3C#N)CC2)c1. The van der Waals surface area contributed by atoms with Crippen LogP contribution in [0.3, 0.4) is 0 Å². The van der Waals surface area contributed by atoms with Crippen LogP contribution in [0, 0.1) is 78.1 Å². The summed E-state index contributed by atoms with van der Waals surface area (Å²) in [5.74, 6) is 0. The zero-order valence-corrected chi connectivity index (χ0v) is 43.4. The van der Waals surface area contributed by atoms with Gasteiger partial charge in [0.2, 0.25) is 0 Å². The van der Waals surface area contributed by atoms with Gasteiger partial charge in [0.05, 0.1) is 45.3 Å². The van der Waals surface area contributed by atoms with Crippen LogP contribution in [0.5, 0.6) is 0 Å². The van der Waals surface area contributed by atoms with Gasteiger partial charge < -0.3 is 9.13 Å². The molecular weight excluding hydrogens is 897 g/mol. The molecule has 11 aromatic rings. The summed E-state index contributed by atoms with van der Waals surface area (Å²) >= 11 is 0. The summed E-state index contributed by atoms with van der Waals surface area (Å²) in [6.45, 7) is 17.3. The van der Waals surface area contributed by atoms with E-state index in [0.29, 0.717) is 11.1 Å². The Morgan fingerprint density at radius 1 is 0.351 bits per heavy atom. The fraction of sp³-hybridized carbons (Fsp3) is 0.143. The van der Waals surface area contributed by atoms with Crippen molar-refractivity contribution in [1.82, 2.24) is 9.13 Å². The van der Waals surface area contributed by atoms with Crippen LogP contribution in [0.1, 0.15) is 78.9 Å². The van der Waals surface area contributed by atoms with Crippen molar-refractivity contribution < 1.29 is 0 Å². The third-order valence-electron chi connectivity index (χ3n) is 15.1. The van der Waals surface area contributed by atoms with Crippen LogP contribution in [0.15, 0.2) is 164 Å². The van der Waals surface area contributed by atoms with E-state index in [2.05, 4.69) is 228 Å². The van der Waals surface area contributed by atoms with Crippen LogP contribution in [-0.2, 0) is 6.42 Å². The van der Waals surface area contributed by atoms with Gasteiger partial charge in [0.25, 0.3) is 0 Å². The highest BCUT2D eigenvalue weighted by atomic mass is 15.0. The van der Waals surface area contributed by atoms with E-state index >= 15 is 0 Å². The van der Waals surface area contributed by atoms with Crippen LogP contribution < -0.4 is 0 Å². The molecule has 2 aromatic heterocycles. The molecule has 0 atom stereocenters. The Kier molecular flexibility index (Phi) is 11.2. The molecule has 356 valence electrons. The second kappa shape index (κ2) is 18.0. The molecule has 4 heteroatoms. The molecule has 0 aliphatic heterocycles. The van der Waals surface area contributed by atoms with Gasteiger partial charge in [0.15, 0.2) is 0 Å². The predicted molar refractivity (Wildman–Crippen MR) is 309 cm³/mol. The highest BCUT2D eigenvalue weighted by molar-refractivity contribution is 6.12. The lowest BCUT2D eigenvalue weighted by atomic mass is 9.89. The van der Waals surface area contributed by atoms with Gasteiger partial charge in [-0.3, -0.25) is 0 Å². The zero-order valence-electron chi connectivity index (χ0n) is 43.4. The van der Waals surface area contributed by atoms with Crippen molar-refractivity contribution in [2.75, 3.05) is 0 Å². The third-order valence-corrected chi connectivity index (χ3v) is 15.1. The van der Waals surface area contributed by atoms with Gasteiger partial charge in [0.1, 0.15) is 11.6 Å². The molecule has 2 heterocycles. The van der Waals surface area contributed by atoms with Gasteiger partial charge in [-0.05, 0) is 178 Å². The summed E-state index contributed by atoms with van der Waals surface area (Å²) in [5.41, 5.74) is 29.0. The molecular formula is C70H56N4. The summed E-state index contributed by atoms with van der Waals surface area (Å²) in [5, 5.41) is 25.8. The minimum absolute atomic E-state index is 0.557. The van der Waals surface area contributed by atoms with Crippen molar-refractivity contribution >= 4 is 44.4 Å². The van der Waals surface area contributed by atoms with E-state index in [0.717, 1.165) is 102 Å². The van der Waals surface area contributed by atoms with Crippen molar-refractivity contribution in [3.63, 3.8) is 0 Å². The Morgan fingerprint density at radius 2 is 0.757 bits per heavy atom. The Labute approximate surface area is 434 Å². The summed E-state index contributed by atoms with van der Waals surface area (Å²) in [6.07, 6.45) is 4.15. The lowest BCUT2D eigenvalue weighted by Gasteiger charge is -2.21. The molecule has 74 heavy (non-hydrogen) atoms. The Hall–Kier alpha value is -8.96. The molecule has 0 N–H and O–H groups in total. The van der Waals surface area contributed by atoms with E-state index in [1.807, 2.05) is 18.2 Å². The number of aryl methyl sites for hydroxylation is 9. The molecule has 0 saturated heterocycles. The fourth-order valence-electron chi connectivity index (χ4n) is 12.2. The summed E-state index contributed by atoms with van der Waals surface area (Å²) in [6, 6.07) is 65.1. The number of allylic oxidation sites excluding steroid dienone is 1.